The highest BCUT2D eigenvalue weighted by atomic mass is 16.2. The highest BCUT2D eigenvalue weighted by molar-refractivity contribution is 6.02. The van der Waals surface area contributed by atoms with Crippen LogP contribution in [0.25, 0.3) is 0 Å². The molecule has 1 aromatic carbocycles. The molecule has 2 unspecified atom stereocenters. The van der Waals surface area contributed by atoms with E-state index in [1.165, 1.54) is 0 Å². The van der Waals surface area contributed by atoms with Gasteiger partial charge in [0.2, 0.25) is 5.91 Å². The SMILES string of the molecule is CCC(C)CC(C)NC(=O)c1ccc2c(c1)NC(=O)C2. The molecule has 2 N–H and O–H groups in total. The molecule has 108 valence electrons. The third kappa shape index (κ3) is 3.38. The van der Waals surface area contributed by atoms with Gasteiger partial charge in [0.25, 0.3) is 5.91 Å². The Bertz CT molecular complexity index is 525. The third-order valence-corrected chi connectivity index (χ3v) is 3.83. The molecule has 4 nitrogen and oxygen atoms in total. The maximum absolute atomic E-state index is 12.2. The summed E-state index contributed by atoms with van der Waals surface area (Å²) in [5.41, 5.74) is 2.32. The van der Waals surface area contributed by atoms with Crippen molar-refractivity contribution >= 4 is 17.5 Å². The predicted molar refractivity (Wildman–Crippen MR) is 79.8 cm³/mol. The van der Waals surface area contributed by atoms with E-state index in [9.17, 15) is 9.59 Å². The van der Waals surface area contributed by atoms with Crippen molar-refractivity contribution in [3.8, 4) is 0 Å². The summed E-state index contributed by atoms with van der Waals surface area (Å²) >= 11 is 0. The number of amides is 2. The molecule has 0 saturated heterocycles. The van der Waals surface area contributed by atoms with E-state index in [0.29, 0.717) is 17.9 Å². The molecular formula is C16H22N2O2. The summed E-state index contributed by atoms with van der Waals surface area (Å²) in [7, 11) is 0. The van der Waals surface area contributed by atoms with Crippen LogP contribution in [0.4, 0.5) is 5.69 Å². The fourth-order valence-electron chi connectivity index (χ4n) is 2.49. The predicted octanol–water partition coefficient (Wildman–Crippen LogP) is 2.74. The molecule has 0 saturated carbocycles. The van der Waals surface area contributed by atoms with Crippen molar-refractivity contribution in [1.82, 2.24) is 5.32 Å². The van der Waals surface area contributed by atoms with Gasteiger partial charge in [0.15, 0.2) is 0 Å². The minimum absolute atomic E-state index is 0.0114. The lowest BCUT2D eigenvalue weighted by Gasteiger charge is -2.17. The molecule has 2 amide bonds. The van der Waals surface area contributed by atoms with Gasteiger partial charge in [0.05, 0.1) is 6.42 Å². The van der Waals surface area contributed by atoms with Crippen LogP contribution >= 0.6 is 0 Å². The summed E-state index contributed by atoms with van der Waals surface area (Å²) in [4.78, 5) is 23.5. The number of hydrogen-bond acceptors (Lipinski definition) is 2. The van der Waals surface area contributed by atoms with Crippen LogP contribution in [-0.2, 0) is 11.2 Å². The first-order chi connectivity index (χ1) is 9.49. The second kappa shape index (κ2) is 6.07. The Morgan fingerprint density at radius 1 is 1.40 bits per heavy atom. The van der Waals surface area contributed by atoms with Gasteiger partial charge in [-0.25, -0.2) is 0 Å². The molecule has 4 heteroatoms. The van der Waals surface area contributed by atoms with E-state index in [0.717, 1.165) is 24.1 Å². The van der Waals surface area contributed by atoms with Gasteiger partial charge in [-0.3, -0.25) is 9.59 Å². The van der Waals surface area contributed by atoms with E-state index >= 15 is 0 Å². The number of anilines is 1. The van der Waals surface area contributed by atoms with Gasteiger partial charge in [0, 0.05) is 17.3 Å². The van der Waals surface area contributed by atoms with Gasteiger partial charge in [-0.15, -0.1) is 0 Å². The van der Waals surface area contributed by atoms with Gasteiger partial charge >= 0.3 is 0 Å². The van der Waals surface area contributed by atoms with Crippen molar-refractivity contribution in [2.24, 2.45) is 5.92 Å². The molecule has 2 atom stereocenters. The number of carbonyl (C=O) groups excluding carboxylic acids is 2. The average Bonchev–Trinajstić information content (AvgIpc) is 2.77. The number of fused-ring (bicyclic) bond motifs is 1. The average molecular weight is 274 g/mol. The van der Waals surface area contributed by atoms with Gasteiger partial charge in [-0.2, -0.15) is 0 Å². The molecule has 0 aliphatic carbocycles. The zero-order chi connectivity index (χ0) is 14.7. The van der Waals surface area contributed by atoms with Crippen molar-refractivity contribution < 1.29 is 9.59 Å². The molecule has 0 radical (unpaired) electrons. The second-order valence-corrected chi connectivity index (χ2v) is 5.72. The van der Waals surface area contributed by atoms with E-state index in [2.05, 4.69) is 24.5 Å². The van der Waals surface area contributed by atoms with Crippen molar-refractivity contribution in [2.45, 2.75) is 46.1 Å². The van der Waals surface area contributed by atoms with Gasteiger partial charge in [-0.05, 0) is 37.0 Å². The summed E-state index contributed by atoms with van der Waals surface area (Å²) in [6.07, 6.45) is 2.50. The van der Waals surface area contributed by atoms with Crippen LogP contribution in [0.15, 0.2) is 18.2 Å². The molecule has 2 rings (SSSR count). The van der Waals surface area contributed by atoms with Crippen molar-refractivity contribution in [1.29, 1.82) is 0 Å². The minimum Gasteiger partial charge on any atom is -0.350 e. The van der Waals surface area contributed by atoms with E-state index in [1.54, 1.807) is 12.1 Å². The largest absolute Gasteiger partial charge is 0.350 e. The maximum atomic E-state index is 12.2. The first-order valence-electron chi connectivity index (χ1n) is 7.23. The molecule has 0 aromatic heterocycles. The minimum atomic E-state index is -0.0789. The second-order valence-electron chi connectivity index (χ2n) is 5.72. The van der Waals surface area contributed by atoms with Crippen LogP contribution in [0.3, 0.4) is 0 Å². The molecule has 1 aliphatic heterocycles. The highest BCUT2D eigenvalue weighted by Crippen LogP contribution is 2.24. The molecule has 0 fully saturated rings. The van der Waals surface area contributed by atoms with Crippen LogP contribution < -0.4 is 10.6 Å². The molecule has 0 spiro atoms. The third-order valence-electron chi connectivity index (χ3n) is 3.83. The van der Waals surface area contributed by atoms with Crippen LogP contribution in [0.5, 0.6) is 0 Å². The lowest BCUT2D eigenvalue weighted by atomic mass is 10.00. The molecule has 1 heterocycles. The Morgan fingerprint density at radius 3 is 2.85 bits per heavy atom. The Morgan fingerprint density at radius 2 is 2.15 bits per heavy atom. The molecule has 1 aliphatic rings. The summed E-state index contributed by atoms with van der Waals surface area (Å²) in [6.45, 7) is 6.37. The Hall–Kier alpha value is -1.84. The zero-order valence-electron chi connectivity index (χ0n) is 12.3. The smallest absolute Gasteiger partial charge is 0.251 e. The summed E-state index contributed by atoms with van der Waals surface area (Å²) < 4.78 is 0. The van der Waals surface area contributed by atoms with Gasteiger partial charge < -0.3 is 10.6 Å². The molecule has 0 bridgehead atoms. The Kier molecular flexibility index (Phi) is 4.42. The fraction of sp³-hybridized carbons (Fsp3) is 0.500. The van der Waals surface area contributed by atoms with E-state index in [-0.39, 0.29) is 17.9 Å². The molecule has 20 heavy (non-hydrogen) atoms. The Labute approximate surface area is 119 Å². The maximum Gasteiger partial charge on any atom is 0.251 e. The Balaban J connectivity index is 2.00. The quantitative estimate of drug-likeness (QED) is 0.867. The van der Waals surface area contributed by atoms with E-state index in [4.69, 9.17) is 0 Å². The lowest BCUT2D eigenvalue weighted by Crippen LogP contribution is -2.33. The number of rotatable bonds is 5. The van der Waals surface area contributed by atoms with Crippen LogP contribution in [-0.4, -0.2) is 17.9 Å². The normalized spacial score (nSPS) is 16.2. The van der Waals surface area contributed by atoms with Gasteiger partial charge in [0.1, 0.15) is 0 Å². The molecular weight excluding hydrogens is 252 g/mol. The van der Waals surface area contributed by atoms with E-state index < -0.39 is 0 Å². The fourth-order valence-corrected chi connectivity index (χ4v) is 2.49. The standard InChI is InChI=1S/C16H22N2O2/c1-4-10(2)7-11(3)17-16(20)13-6-5-12-9-15(19)18-14(12)8-13/h5-6,8,10-11H,4,7,9H2,1-3H3,(H,17,20)(H,18,19). The van der Waals surface area contributed by atoms with Crippen LogP contribution in [0, 0.1) is 5.92 Å². The lowest BCUT2D eigenvalue weighted by molar-refractivity contribution is -0.115. The van der Waals surface area contributed by atoms with Crippen molar-refractivity contribution in [3.63, 3.8) is 0 Å². The first-order valence-corrected chi connectivity index (χ1v) is 7.23. The topological polar surface area (TPSA) is 58.2 Å². The number of carbonyl (C=O) groups is 2. The van der Waals surface area contributed by atoms with Gasteiger partial charge in [-0.1, -0.05) is 26.3 Å². The summed E-state index contributed by atoms with van der Waals surface area (Å²) in [6, 6.07) is 5.54. The van der Waals surface area contributed by atoms with Crippen LogP contribution in [0.1, 0.15) is 49.5 Å². The number of hydrogen-bond donors (Lipinski definition) is 2. The summed E-state index contributed by atoms with van der Waals surface area (Å²) in [5, 5.41) is 5.78. The van der Waals surface area contributed by atoms with Crippen LogP contribution in [0.2, 0.25) is 0 Å². The zero-order valence-corrected chi connectivity index (χ0v) is 12.3. The first kappa shape index (κ1) is 14.6. The van der Waals surface area contributed by atoms with Crippen molar-refractivity contribution in [2.75, 3.05) is 5.32 Å². The van der Waals surface area contributed by atoms with E-state index in [1.807, 2.05) is 13.0 Å². The van der Waals surface area contributed by atoms with Crippen molar-refractivity contribution in [3.05, 3.63) is 29.3 Å². The monoisotopic (exact) mass is 274 g/mol. The highest BCUT2D eigenvalue weighted by Gasteiger charge is 2.19. The summed E-state index contributed by atoms with van der Waals surface area (Å²) in [5.74, 6) is 0.511. The molecule has 1 aromatic rings. The number of nitrogens with one attached hydrogen (secondary N) is 2. The number of benzene rings is 1.